The number of nitrogens with one attached hydrogen (secondary N) is 1. The molecule has 0 atom stereocenters. The number of carbonyl (C=O) groups is 1. The number of hydrogen-bond acceptors (Lipinski definition) is 3. The molecule has 0 bridgehead atoms. The van der Waals surface area contributed by atoms with Crippen LogP contribution in [0.25, 0.3) is 0 Å². The Labute approximate surface area is 97.3 Å². The van der Waals surface area contributed by atoms with Crippen molar-refractivity contribution in [1.82, 2.24) is 5.48 Å². The highest BCUT2D eigenvalue weighted by Gasteiger charge is 2.17. The van der Waals surface area contributed by atoms with E-state index in [1.807, 2.05) is 0 Å². The maximum absolute atomic E-state index is 11.5. The number of rotatable bonds is 3. The van der Waals surface area contributed by atoms with Crippen molar-refractivity contribution in [3.05, 3.63) is 21.3 Å². The summed E-state index contributed by atoms with van der Waals surface area (Å²) in [4.78, 5) is 17.4. The Hall–Kier alpha value is -0.580. The van der Waals surface area contributed by atoms with E-state index >= 15 is 0 Å². The molecule has 0 unspecified atom stereocenters. The van der Waals surface area contributed by atoms with Gasteiger partial charge < -0.3 is 0 Å². The number of halogens is 1. The Morgan fingerprint density at radius 3 is 2.80 bits per heavy atom. The zero-order valence-corrected chi connectivity index (χ0v) is 9.74. The van der Waals surface area contributed by atoms with Gasteiger partial charge in [0.2, 0.25) is 0 Å². The predicted molar refractivity (Wildman–Crippen MR) is 60.1 cm³/mol. The van der Waals surface area contributed by atoms with Crippen molar-refractivity contribution in [3.8, 4) is 0 Å². The smallest absolute Gasteiger partial charge is 0.270 e. The molecule has 1 N–H and O–H groups in total. The zero-order valence-electron chi connectivity index (χ0n) is 8.16. The fraction of sp³-hybridized carbons (Fsp3) is 0.500. The van der Waals surface area contributed by atoms with Gasteiger partial charge in [-0.1, -0.05) is 24.4 Å². The second kappa shape index (κ2) is 4.96. The van der Waals surface area contributed by atoms with Gasteiger partial charge in [0.1, 0.15) is 0 Å². The fourth-order valence-electron chi connectivity index (χ4n) is 1.63. The second-order valence-corrected chi connectivity index (χ2v) is 5.27. The molecule has 0 saturated heterocycles. The first-order chi connectivity index (χ1) is 7.25. The van der Waals surface area contributed by atoms with Crippen molar-refractivity contribution in [1.29, 1.82) is 0 Å². The van der Waals surface area contributed by atoms with E-state index in [4.69, 9.17) is 16.4 Å². The van der Waals surface area contributed by atoms with Crippen LogP contribution in [-0.2, 0) is 4.84 Å². The molecule has 1 aromatic heterocycles. The van der Waals surface area contributed by atoms with Gasteiger partial charge in [-0.2, -0.15) is 0 Å². The Bertz CT molecular complexity index is 347. The lowest BCUT2D eigenvalue weighted by Crippen LogP contribution is -2.27. The van der Waals surface area contributed by atoms with Crippen molar-refractivity contribution >= 4 is 28.8 Å². The Balaban J connectivity index is 1.81. The standard InChI is InChI=1S/C10H12ClNO2S/c11-9-6-5-8(15-9)10(13)12-14-7-3-1-2-4-7/h5-7H,1-4H2,(H,12,13). The summed E-state index contributed by atoms with van der Waals surface area (Å²) < 4.78 is 0.612. The van der Waals surface area contributed by atoms with E-state index in [-0.39, 0.29) is 12.0 Å². The molecule has 1 aliphatic rings. The van der Waals surface area contributed by atoms with Crippen LogP contribution in [0.2, 0.25) is 4.34 Å². The van der Waals surface area contributed by atoms with Crippen LogP contribution < -0.4 is 5.48 Å². The first-order valence-electron chi connectivity index (χ1n) is 4.97. The number of thiophene rings is 1. The number of amides is 1. The van der Waals surface area contributed by atoms with Gasteiger partial charge in [0.15, 0.2) is 0 Å². The third-order valence-electron chi connectivity index (χ3n) is 2.42. The summed E-state index contributed by atoms with van der Waals surface area (Å²) in [5.41, 5.74) is 2.47. The summed E-state index contributed by atoms with van der Waals surface area (Å²) in [6.45, 7) is 0. The zero-order chi connectivity index (χ0) is 10.7. The molecule has 1 fully saturated rings. The summed E-state index contributed by atoms with van der Waals surface area (Å²) in [6, 6.07) is 3.40. The quantitative estimate of drug-likeness (QED) is 0.832. The summed E-state index contributed by atoms with van der Waals surface area (Å²) in [5.74, 6) is -0.209. The summed E-state index contributed by atoms with van der Waals surface area (Å²) in [6.07, 6.45) is 4.62. The molecule has 0 aromatic carbocycles. The van der Waals surface area contributed by atoms with Crippen LogP contribution in [0.4, 0.5) is 0 Å². The normalized spacial score (nSPS) is 16.9. The SMILES string of the molecule is O=C(NOC1CCCC1)c1ccc(Cl)s1. The van der Waals surface area contributed by atoms with Crippen molar-refractivity contribution in [2.45, 2.75) is 31.8 Å². The van der Waals surface area contributed by atoms with E-state index < -0.39 is 0 Å². The molecule has 0 spiro atoms. The highest BCUT2D eigenvalue weighted by Crippen LogP contribution is 2.22. The molecule has 5 heteroatoms. The first kappa shape index (κ1) is 10.9. The van der Waals surface area contributed by atoms with Gasteiger partial charge in [-0.05, 0) is 25.0 Å². The van der Waals surface area contributed by atoms with E-state index in [9.17, 15) is 4.79 Å². The minimum absolute atomic E-state index is 0.185. The summed E-state index contributed by atoms with van der Waals surface area (Å²) in [7, 11) is 0. The molecule has 2 rings (SSSR count). The van der Waals surface area contributed by atoms with Crippen molar-refractivity contribution in [3.63, 3.8) is 0 Å². The van der Waals surface area contributed by atoms with Crippen LogP contribution >= 0.6 is 22.9 Å². The first-order valence-corrected chi connectivity index (χ1v) is 6.16. The molecule has 1 aliphatic carbocycles. The van der Waals surface area contributed by atoms with E-state index in [0.29, 0.717) is 9.21 Å². The molecular weight excluding hydrogens is 234 g/mol. The molecule has 1 aromatic rings. The van der Waals surface area contributed by atoms with Crippen LogP contribution in [0.15, 0.2) is 12.1 Å². The Kier molecular flexibility index (Phi) is 3.61. The van der Waals surface area contributed by atoms with Gasteiger partial charge in [0, 0.05) is 0 Å². The average molecular weight is 246 g/mol. The molecule has 82 valence electrons. The molecule has 1 saturated carbocycles. The van der Waals surface area contributed by atoms with Gasteiger partial charge in [0.25, 0.3) is 5.91 Å². The molecule has 15 heavy (non-hydrogen) atoms. The summed E-state index contributed by atoms with van der Waals surface area (Å²) >= 11 is 6.98. The Morgan fingerprint density at radius 2 is 2.20 bits per heavy atom. The third kappa shape index (κ3) is 2.93. The summed E-state index contributed by atoms with van der Waals surface area (Å²) in [5, 5.41) is 0. The topological polar surface area (TPSA) is 38.3 Å². The second-order valence-electron chi connectivity index (χ2n) is 3.56. The van der Waals surface area contributed by atoms with Gasteiger partial charge in [0.05, 0.1) is 15.3 Å². The Morgan fingerprint density at radius 1 is 1.47 bits per heavy atom. The lowest BCUT2D eigenvalue weighted by molar-refractivity contribution is -0.0122. The highest BCUT2D eigenvalue weighted by molar-refractivity contribution is 7.17. The molecule has 0 radical (unpaired) electrons. The number of carbonyl (C=O) groups excluding carboxylic acids is 1. The van der Waals surface area contributed by atoms with Crippen LogP contribution in [0.1, 0.15) is 35.4 Å². The fourth-order valence-corrected chi connectivity index (χ4v) is 2.56. The van der Waals surface area contributed by atoms with Crippen LogP contribution in [0, 0.1) is 0 Å². The van der Waals surface area contributed by atoms with E-state index in [0.717, 1.165) is 12.8 Å². The van der Waals surface area contributed by atoms with Gasteiger partial charge >= 0.3 is 0 Å². The number of hydrogen-bond donors (Lipinski definition) is 1. The molecule has 1 amide bonds. The number of hydroxylamine groups is 1. The van der Waals surface area contributed by atoms with Crippen LogP contribution in [0.3, 0.4) is 0 Å². The molecule has 1 heterocycles. The van der Waals surface area contributed by atoms with Crippen molar-refractivity contribution < 1.29 is 9.63 Å². The van der Waals surface area contributed by atoms with Crippen LogP contribution in [0.5, 0.6) is 0 Å². The van der Waals surface area contributed by atoms with Crippen molar-refractivity contribution in [2.75, 3.05) is 0 Å². The lowest BCUT2D eigenvalue weighted by Gasteiger charge is -2.10. The minimum Gasteiger partial charge on any atom is -0.270 e. The largest absolute Gasteiger partial charge is 0.284 e. The predicted octanol–water partition coefficient (Wildman–Crippen LogP) is 3.01. The molecule has 0 aliphatic heterocycles. The monoisotopic (exact) mass is 245 g/mol. The van der Waals surface area contributed by atoms with E-state index in [1.54, 1.807) is 12.1 Å². The van der Waals surface area contributed by atoms with Crippen LogP contribution in [-0.4, -0.2) is 12.0 Å². The van der Waals surface area contributed by atoms with E-state index in [2.05, 4.69) is 5.48 Å². The van der Waals surface area contributed by atoms with Gasteiger partial charge in [-0.3, -0.25) is 9.63 Å². The highest BCUT2D eigenvalue weighted by atomic mass is 35.5. The van der Waals surface area contributed by atoms with Crippen molar-refractivity contribution in [2.24, 2.45) is 0 Å². The van der Waals surface area contributed by atoms with Gasteiger partial charge in [-0.15, -0.1) is 11.3 Å². The average Bonchev–Trinajstić information content (AvgIpc) is 2.84. The molecule has 3 nitrogen and oxygen atoms in total. The van der Waals surface area contributed by atoms with Gasteiger partial charge in [-0.25, -0.2) is 5.48 Å². The third-order valence-corrected chi connectivity index (χ3v) is 3.65. The molecular formula is C10H12ClNO2S. The van der Waals surface area contributed by atoms with E-state index in [1.165, 1.54) is 24.2 Å². The minimum atomic E-state index is -0.209. The lowest BCUT2D eigenvalue weighted by atomic mass is 10.3. The maximum Gasteiger partial charge on any atom is 0.284 e. The maximum atomic E-state index is 11.5.